The van der Waals surface area contributed by atoms with E-state index in [0.29, 0.717) is 36.8 Å². The van der Waals surface area contributed by atoms with Crippen LogP contribution in [0.1, 0.15) is 21.7 Å². The fourth-order valence-corrected chi connectivity index (χ4v) is 8.59. The highest BCUT2D eigenvalue weighted by atomic mass is 35.5. The molecule has 1 aliphatic rings. The third kappa shape index (κ3) is 5.13. The number of thiophene rings is 1. The van der Waals surface area contributed by atoms with E-state index in [1.807, 2.05) is 42.5 Å². The topological polar surface area (TPSA) is 54.5 Å². The van der Waals surface area contributed by atoms with Crippen molar-refractivity contribution in [3.05, 3.63) is 91.2 Å². The molecule has 10 heteroatoms. The second-order valence-corrected chi connectivity index (χ2v) is 13.6. The van der Waals surface area contributed by atoms with Crippen LogP contribution in [0.15, 0.2) is 60.7 Å². The van der Waals surface area contributed by atoms with Crippen LogP contribution in [0.3, 0.4) is 0 Å². The van der Waals surface area contributed by atoms with Crippen LogP contribution in [-0.4, -0.2) is 36.8 Å². The zero-order valence-electron chi connectivity index (χ0n) is 18.7. The van der Waals surface area contributed by atoms with Crippen LogP contribution in [0.2, 0.25) is 20.1 Å². The number of amides is 1. The molecule has 0 N–H and O–H groups in total. The first kappa shape index (κ1) is 25.8. The Morgan fingerprint density at radius 2 is 1.72 bits per heavy atom. The maximum atomic E-state index is 13.8. The molecule has 0 saturated carbocycles. The monoisotopic (exact) mass is 597 g/mol. The minimum atomic E-state index is -3.21. The molecule has 4 aromatic rings. The zero-order valence-corrected chi connectivity index (χ0v) is 23.3. The van der Waals surface area contributed by atoms with Gasteiger partial charge in [0.15, 0.2) is 9.84 Å². The maximum Gasteiger partial charge on any atom is 0.266 e. The number of carbonyl (C=O) groups is 1. The lowest BCUT2D eigenvalue weighted by molar-refractivity contribution is 0.0686. The lowest BCUT2D eigenvalue weighted by Gasteiger charge is -2.28. The number of nitrogens with zero attached hydrogens (tertiary/aromatic N) is 1. The number of sulfone groups is 1. The molecular weight excluding hydrogens is 580 g/mol. The lowest BCUT2D eigenvalue weighted by Crippen LogP contribution is -2.40. The van der Waals surface area contributed by atoms with Gasteiger partial charge in [-0.15, -0.1) is 11.3 Å². The number of halogens is 4. The average Bonchev–Trinajstić information content (AvgIpc) is 3.37. The van der Waals surface area contributed by atoms with Crippen molar-refractivity contribution in [1.82, 2.24) is 4.90 Å². The van der Waals surface area contributed by atoms with Crippen molar-refractivity contribution in [2.45, 2.75) is 19.0 Å². The molecule has 1 aromatic heterocycles. The van der Waals surface area contributed by atoms with E-state index in [9.17, 15) is 13.2 Å². The van der Waals surface area contributed by atoms with E-state index in [0.717, 1.165) is 21.4 Å². The first-order chi connectivity index (χ1) is 17.1. The van der Waals surface area contributed by atoms with Gasteiger partial charge in [-0.2, -0.15) is 0 Å². The molecule has 1 fully saturated rings. The van der Waals surface area contributed by atoms with Crippen molar-refractivity contribution in [2.75, 3.05) is 11.5 Å². The largest absolute Gasteiger partial charge is 0.330 e. The summed E-state index contributed by atoms with van der Waals surface area (Å²) in [5.41, 5.74) is 2.61. The third-order valence-corrected chi connectivity index (χ3v) is 10.5. The summed E-state index contributed by atoms with van der Waals surface area (Å²) in [5.74, 6) is -0.314. The fourth-order valence-electron chi connectivity index (χ4n) is 4.44. The highest BCUT2D eigenvalue weighted by Gasteiger charge is 2.36. The first-order valence-electron chi connectivity index (χ1n) is 11.1. The molecular formula is C26H19Cl4NO3S2. The smallest absolute Gasteiger partial charge is 0.266 e. The van der Waals surface area contributed by atoms with Crippen molar-refractivity contribution in [3.8, 4) is 11.1 Å². The highest BCUT2D eigenvalue weighted by Crippen LogP contribution is 2.40. The Kier molecular flexibility index (Phi) is 7.29. The molecule has 3 aromatic carbocycles. The number of hydrogen-bond acceptors (Lipinski definition) is 4. The normalized spacial score (nSPS) is 16.9. The van der Waals surface area contributed by atoms with E-state index in [2.05, 4.69) is 0 Å². The van der Waals surface area contributed by atoms with Crippen molar-refractivity contribution < 1.29 is 13.2 Å². The Bertz CT molecular complexity index is 1580. The molecule has 0 radical (unpaired) electrons. The van der Waals surface area contributed by atoms with Gasteiger partial charge in [0.05, 0.1) is 21.6 Å². The number of carbonyl (C=O) groups excluding carboxylic acids is 1. The predicted molar refractivity (Wildman–Crippen MR) is 151 cm³/mol. The molecule has 4 nitrogen and oxygen atoms in total. The minimum Gasteiger partial charge on any atom is -0.330 e. The van der Waals surface area contributed by atoms with E-state index in [-0.39, 0.29) is 24.0 Å². The average molecular weight is 599 g/mol. The van der Waals surface area contributed by atoms with E-state index in [1.54, 1.807) is 23.1 Å². The van der Waals surface area contributed by atoms with Crippen LogP contribution >= 0.6 is 57.7 Å². The number of rotatable bonds is 5. The van der Waals surface area contributed by atoms with Gasteiger partial charge in [-0.3, -0.25) is 4.79 Å². The summed E-state index contributed by atoms with van der Waals surface area (Å²) >= 11 is 26.6. The van der Waals surface area contributed by atoms with Crippen LogP contribution < -0.4 is 0 Å². The molecule has 2 heterocycles. The van der Waals surface area contributed by atoms with Gasteiger partial charge < -0.3 is 4.90 Å². The summed E-state index contributed by atoms with van der Waals surface area (Å²) < 4.78 is 25.3. The zero-order chi connectivity index (χ0) is 25.6. The first-order valence-corrected chi connectivity index (χ1v) is 15.2. The Morgan fingerprint density at radius 3 is 2.36 bits per heavy atom. The Morgan fingerprint density at radius 1 is 0.972 bits per heavy atom. The molecule has 0 spiro atoms. The van der Waals surface area contributed by atoms with Gasteiger partial charge in [-0.25, -0.2) is 8.42 Å². The predicted octanol–water partition coefficient (Wildman–Crippen LogP) is 8.01. The summed E-state index contributed by atoms with van der Waals surface area (Å²) in [6.07, 6.45) is 0.385. The number of fused-ring (bicyclic) bond motifs is 1. The van der Waals surface area contributed by atoms with Gasteiger partial charge in [0.25, 0.3) is 5.91 Å². The molecule has 36 heavy (non-hydrogen) atoms. The van der Waals surface area contributed by atoms with Crippen LogP contribution in [-0.2, 0) is 16.4 Å². The third-order valence-electron chi connectivity index (χ3n) is 6.26. The van der Waals surface area contributed by atoms with E-state index in [1.165, 1.54) is 11.3 Å². The Balaban J connectivity index is 1.48. The quantitative estimate of drug-likeness (QED) is 0.234. The second kappa shape index (κ2) is 10.2. The van der Waals surface area contributed by atoms with Crippen molar-refractivity contribution >= 4 is 83.6 Å². The maximum absolute atomic E-state index is 13.8. The molecule has 1 aliphatic heterocycles. The molecule has 1 unspecified atom stereocenters. The van der Waals surface area contributed by atoms with E-state index in [4.69, 9.17) is 46.4 Å². The summed E-state index contributed by atoms with van der Waals surface area (Å²) in [4.78, 5) is 15.8. The van der Waals surface area contributed by atoms with Crippen LogP contribution in [0.4, 0.5) is 0 Å². The van der Waals surface area contributed by atoms with Crippen LogP contribution in [0.5, 0.6) is 0 Å². The van der Waals surface area contributed by atoms with Gasteiger partial charge in [0, 0.05) is 38.3 Å². The fraction of sp³-hybridized carbons (Fsp3) is 0.192. The van der Waals surface area contributed by atoms with Gasteiger partial charge >= 0.3 is 0 Å². The molecule has 0 bridgehead atoms. The summed E-state index contributed by atoms with van der Waals surface area (Å²) in [6.45, 7) is 0.242. The van der Waals surface area contributed by atoms with Crippen molar-refractivity contribution in [2.24, 2.45) is 0 Å². The van der Waals surface area contributed by atoms with Crippen LogP contribution in [0, 0.1) is 0 Å². The van der Waals surface area contributed by atoms with Crippen molar-refractivity contribution in [1.29, 1.82) is 0 Å². The van der Waals surface area contributed by atoms with E-state index >= 15 is 0 Å². The van der Waals surface area contributed by atoms with Crippen LogP contribution in [0.25, 0.3) is 21.2 Å². The van der Waals surface area contributed by atoms with Gasteiger partial charge in [-0.1, -0.05) is 82.8 Å². The second-order valence-electron chi connectivity index (χ2n) is 8.67. The van der Waals surface area contributed by atoms with Gasteiger partial charge in [-0.05, 0) is 41.8 Å². The Hall–Kier alpha value is -1.80. The number of hydrogen-bond donors (Lipinski definition) is 0. The van der Waals surface area contributed by atoms with Gasteiger partial charge in [0.2, 0.25) is 0 Å². The molecule has 1 atom stereocenters. The minimum absolute atomic E-state index is 0.0570. The summed E-state index contributed by atoms with van der Waals surface area (Å²) in [6, 6.07) is 17.9. The standard InChI is InChI=1S/C26H19Cl4NO3S2/c27-17-8-9-19(21(29)12-17)16-6-4-15(5-7-16)13-31(18-10-11-36(33,34)14-18)26(32)25-24(30)23-20(28)2-1-3-22(23)35-25/h1-9,12,18H,10-11,13-14H2. The SMILES string of the molecule is O=C(c1sc2cccc(Cl)c2c1Cl)N(Cc1ccc(-c2ccc(Cl)cc2Cl)cc1)C1CCS(=O)(=O)C1. The molecule has 5 rings (SSSR count). The molecule has 0 aliphatic carbocycles. The highest BCUT2D eigenvalue weighted by molar-refractivity contribution is 7.91. The van der Waals surface area contributed by atoms with Crippen molar-refractivity contribution in [3.63, 3.8) is 0 Å². The summed E-state index contributed by atoms with van der Waals surface area (Å²) in [5, 5.41) is 2.50. The van der Waals surface area contributed by atoms with E-state index < -0.39 is 15.9 Å². The molecule has 1 saturated heterocycles. The van der Waals surface area contributed by atoms with Gasteiger partial charge in [0.1, 0.15) is 4.88 Å². The lowest BCUT2D eigenvalue weighted by atomic mass is 10.0. The molecule has 186 valence electrons. The Labute approximate surface area is 233 Å². The summed E-state index contributed by atoms with van der Waals surface area (Å²) in [7, 11) is -3.21. The number of benzene rings is 3. The molecule has 1 amide bonds.